The van der Waals surface area contributed by atoms with Gasteiger partial charge in [-0.3, -0.25) is 0 Å². The second-order valence-corrected chi connectivity index (χ2v) is 56.3. The van der Waals surface area contributed by atoms with E-state index in [0.29, 0.717) is 11.8 Å². The summed E-state index contributed by atoms with van der Waals surface area (Å²) in [5, 5.41) is 9.66. The van der Waals surface area contributed by atoms with Crippen LogP contribution in [-0.2, 0) is 41.5 Å². The van der Waals surface area contributed by atoms with Gasteiger partial charge in [0.05, 0.1) is 36.6 Å². The van der Waals surface area contributed by atoms with Crippen LogP contribution in [0.5, 0.6) is 0 Å². The maximum Gasteiger partial charge on any atom is 0.332 e. The highest BCUT2D eigenvalue weighted by atomic mass is 28.4. The summed E-state index contributed by atoms with van der Waals surface area (Å²) in [6.07, 6.45) is 27.0. The highest BCUT2D eigenvalue weighted by Crippen LogP contribution is 2.58. The van der Waals surface area contributed by atoms with E-state index in [9.17, 15) is 9.59 Å². The number of ether oxygens (including phenoxy) is 3. The third-order valence-corrected chi connectivity index (χ3v) is 41.9. The molecule has 92 heavy (non-hydrogen) atoms. The fourth-order valence-electron chi connectivity index (χ4n) is 14.7. The fourth-order valence-corrected chi connectivity index (χ4v) is 20.1. The van der Waals surface area contributed by atoms with E-state index < -0.39 is 44.8 Å². The van der Waals surface area contributed by atoms with Gasteiger partial charge in [0.15, 0.2) is 33.3 Å². The summed E-state index contributed by atoms with van der Waals surface area (Å²) in [5.41, 5.74) is 9.94. The van der Waals surface area contributed by atoms with Gasteiger partial charge >= 0.3 is 11.9 Å². The standard InChI is InChI=1S/C43H76O5Si2.C35H60O5Si2/c1-30-33(26-34(47-49(15,16)40(6,7)8)27-37(30)48-50(17,18)41(9,10)11)22-21-32-20-19-25-43(14)35(23-24-36(32)43)31(2)45-28-38(44)46-42(12,13)29-39(3,4)5;1-24-27(17-16-26-15-14-20-35(9)29(18-19-30(26)35)25(2)38-23-32(36)37)21-28(39-41(10,11)33(3,4)5)22-31(24)40-42(12,13)34(6,7)8/h21-23,31,34,36-37H,1,19-20,24-29H2,2-18H3;16-18,25,28,30-31H,1,14-15,19-23H2,2-13H3,(H,36,37)/t31-,34+,36-,37-,43+;25-,28+,30?,31-,35+/m00/s1. The number of carboxylic acid groups (broad SMARTS) is 1. The molecule has 0 aliphatic heterocycles. The number of rotatable bonds is 20. The van der Waals surface area contributed by atoms with E-state index in [1.54, 1.807) is 0 Å². The van der Waals surface area contributed by atoms with E-state index in [2.05, 4.69) is 227 Å². The van der Waals surface area contributed by atoms with Crippen LogP contribution in [0.2, 0.25) is 72.5 Å². The van der Waals surface area contributed by atoms with Crippen molar-refractivity contribution in [2.24, 2.45) is 28.1 Å². The number of fused-ring (bicyclic) bond motifs is 2. The summed E-state index contributed by atoms with van der Waals surface area (Å²) in [6.45, 7) is 74.8. The van der Waals surface area contributed by atoms with Gasteiger partial charge in [-0.25, -0.2) is 9.59 Å². The Balaban J connectivity index is 0.000000339. The molecule has 1 unspecified atom stereocenters. The van der Waals surface area contributed by atoms with Crippen LogP contribution in [0.25, 0.3) is 0 Å². The molecule has 1 N–H and O–H groups in total. The van der Waals surface area contributed by atoms with E-state index >= 15 is 0 Å². The lowest BCUT2D eigenvalue weighted by Crippen LogP contribution is -2.49. The molecule has 0 bridgehead atoms. The van der Waals surface area contributed by atoms with Crippen molar-refractivity contribution in [1.82, 2.24) is 0 Å². The molecule has 0 heterocycles. The lowest BCUT2D eigenvalue weighted by atomic mass is 9.63. The molecular formula is C78H136O10Si4. The van der Waals surface area contributed by atoms with Gasteiger partial charge in [0.1, 0.15) is 18.8 Å². The van der Waals surface area contributed by atoms with Crippen molar-refractivity contribution in [2.75, 3.05) is 13.2 Å². The Morgan fingerprint density at radius 2 is 0.891 bits per heavy atom. The van der Waals surface area contributed by atoms with Crippen LogP contribution in [0.1, 0.15) is 229 Å². The van der Waals surface area contributed by atoms with Crippen molar-refractivity contribution < 1.29 is 46.6 Å². The molecular weight excluding hydrogens is 1210 g/mol. The van der Waals surface area contributed by atoms with Gasteiger partial charge in [-0.05, 0) is 232 Å². The molecule has 0 aromatic rings. The number of esters is 1. The van der Waals surface area contributed by atoms with Gasteiger partial charge in [0.2, 0.25) is 0 Å². The Labute approximate surface area is 567 Å². The minimum Gasteiger partial charge on any atom is -0.480 e. The summed E-state index contributed by atoms with van der Waals surface area (Å²) < 4.78 is 46.0. The molecule has 0 aromatic carbocycles. The van der Waals surface area contributed by atoms with Crippen LogP contribution < -0.4 is 0 Å². The van der Waals surface area contributed by atoms with E-state index in [-0.39, 0.29) is 92.2 Å². The highest BCUT2D eigenvalue weighted by Gasteiger charge is 2.51. The summed E-state index contributed by atoms with van der Waals surface area (Å²) in [5.74, 6) is -0.356. The zero-order chi connectivity index (χ0) is 70.2. The first-order valence-electron chi connectivity index (χ1n) is 35.5. The Bertz CT molecular complexity index is 2830. The number of carbonyl (C=O) groups is 2. The molecule has 0 saturated heterocycles. The molecule has 524 valence electrons. The Morgan fingerprint density at radius 3 is 1.22 bits per heavy atom. The van der Waals surface area contributed by atoms with E-state index in [4.69, 9.17) is 37.0 Å². The summed E-state index contributed by atoms with van der Waals surface area (Å²) >= 11 is 0. The first kappa shape index (κ1) is 80.2. The molecule has 6 rings (SSSR count). The summed E-state index contributed by atoms with van der Waals surface area (Å²) in [4.78, 5) is 23.9. The number of carbonyl (C=O) groups excluding carboxylic acids is 1. The molecule has 4 saturated carbocycles. The lowest BCUT2D eigenvalue weighted by molar-refractivity contribution is -0.165. The number of hydrogen-bond acceptors (Lipinski definition) is 9. The minimum atomic E-state index is -2.02. The van der Waals surface area contributed by atoms with Gasteiger partial charge in [-0.2, -0.15) is 0 Å². The van der Waals surface area contributed by atoms with Crippen LogP contribution in [0.4, 0.5) is 0 Å². The average Bonchev–Trinajstić information content (AvgIpc) is 1.55. The Kier molecular flexibility index (Phi) is 25.7. The molecule has 0 radical (unpaired) electrons. The van der Waals surface area contributed by atoms with Crippen LogP contribution in [0.3, 0.4) is 0 Å². The second kappa shape index (κ2) is 29.5. The smallest absolute Gasteiger partial charge is 0.332 e. The van der Waals surface area contributed by atoms with Gasteiger partial charge in [0.25, 0.3) is 0 Å². The normalized spacial score (nSPS) is 29.2. The number of allylic oxidation sites excluding steroid dienone is 8. The molecule has 14 heteroatoms. The summed E-state index contributed by atoms with van der Waals surface area (Å²) in [7, 11) is -7.95. The molecule has 0 spiro atoms. The fraction of sp³-hybridized carbons (Fsp3) is 0.769. The molecule has 10 nitrogen and oxygen atoms in total. The quantitative estimate of drug-likeness (QED) is 0.0717. The van der Waals surface area contributed by atoms with Crippen LogP contribution >= 0.6 is 0 Å². The van der Waals surface area contributed by atoms with Crippen molar-refractivity contribution >= 4 is 45.2 Å². The third-order valence-electron chi connectivity index (χ3n) is 23.8. The topological polar surface area (TPSA) is 119 Å². The van der Waals surface area contributed by atoms with Crippen molar-refractivity contribution in [3.05, 3.63) is 94.2 Å². The minimum absolute atomic E-state index is 0.00599. The molecule has 6 aliphatic carbocycles. The molecule has 0 amide bonds. The predicted octanol–water partition coefficient (Wildman–Crippen LogP) is 21.9. The zero-order valence-corrected chi connectivity index (χ0v) is 68.2. The first-order valence-corrected chi connectivity index (χ1v) is 47.2. The van der Waals surface area contributed by atoms with Gasteiger partial charge in [0, 0.05) is 12.8 Å². The van der Waals surface area contributed by atoms with E-state index in [1.165, 1.54) is 33.4 Å². The van der Waals surface area contributed by atoms with Crippen LogP contribution in [0.15, 0.2) is 94.2 Å². The SMILES string of the molecule is C=C1C(=CC=C2CCC[C@]3(C)C([C@H](C)OCC(=O)O)=CCC23)C[C@@H](O[Si](C)(C)C(C)(C)C)C[C@@H]1O[Si](C)(C)C(C)(C)C.C=C1C(=CC=C2CCC[C@]3(C)C([C@H](C)OCC(=O)OC(C)(C)CC(C)(C)C)=CC[C@@H]23)C[C@@H](O[Si](C)(C)C(C)(C)C)C[C@@H]1O[Si](C)(C)C(C)(C)C. The zero-order valence-electron chi connectivity index (χ0n) is 64.2. The van der Waals surface area contributed by atoms with Crippen LogP contribution in [0, 0.1) is 28.1 Å². The van der Waals surface area contributed by atoms with E-state index in [0.717, 1.165) is 94.6 Å². The molecule has 0 aromatic heterocycles. The van der Waals surface area contributed by atoms with Crippen molar-refractivity contribution in [1.29, 1.82) is 0 Å². The average molecular weight is 1350 g/mol. The van der Waals surface area contributed by atoms with E-state index in [1.807, 2.05) is 20.8 Å². The molecule has 10 atom stereocenters. The molecule has 6 aliphatic rings. The molecule has 4 fully saturated rings. The predicted molar refractivity (Wildman–Crippen MR) is 396 cm³/mol. The van der Waals surface area contributed by atoms with Gasteiger partial charge in [-0.1, -0.05) is 178 Å². The Morgan fingerprint density at radius 1 is 0.554 bits per heavy atom. The maximum absolute atomic E-state index is 12.8. The van der Waals surface area contributed by atoms with Crippen LogP contribution in [-0.4, -0.2) is 106 Å². The number of carboxylic acids is 1. The largest absolute Gasteiger partial charge is 0.480 e. The van der Waals surface area contributed by atoms with Crippen molar-refractivity contribution in [2.45, 2.75) is 344 Å². The van der Waals surface area contributed by atoms with Crippen molar-refractivity contribution in [3.8, 4) is 0 Å². The van der Waals surface area contributed by atoms with Gasteiger partial charge < -0.3 is 37.0 Å². The lowest BCUT2D eigenvalue weighted by Gasteiger charge is -2.45. The van der Waals surface area contributed by atoms with Gasteiger partial charge in [-0.15, -0.1) is 0 Å². The number of aliphatic carboxylic acids is 1. The highest BCUT2D eigenvalue weighted by molar-refractivity contribution is 6.75. The summed E-state index contributed by atoms with van der Waals surface area (Å²) in [6, 6.07) is 0. The number of hydrogen-bond donors (Lipinski definition) is 1. The third kappa shape index (κ3) is 20.1. The monoisotopic (exact) mass is 1340 g/mol. The van der Waals surface area contributed by atoms with Crippen molar-refractivity contribution in [3.63, 3.8) is 0 Å². The first-order chi connectivity index (χ1) is 41.6. The Hall–Kier alpha value is -2.51. The maximum atomic E-state index is 12.8. The second-order valence-electron chi connectivity index (χ2n) is 37.2.